The van der Waals surface area contributed by atoms with Crippen LogP contribution in [-0.4, -0.2) is 48.7 Å². The Bertz CT molecular complexity index is 364. The molecule has 100 valence electrons. The van der Waals surface area contributed by atoms with Crippen LogP contribution in [0.25, 0.3) is 0 Å². The van der Waals surface area contributed by atoms with E-state index in [1.165, 1.54) is 32.4 Å². The molecule has 1 aromatic rings. The van der Waals surface area contributed by atoms with Crippen molar-refractivity contribution in [3.63, 3.8) is 0 Å². The molecule has 0 spiro atoms. The van der Waals surface area contributed by atoms with Crippen molar-refractivity contribution in [2.24, 2.45) is 5.92 Å². The van der Waals surface area contributed by atoms with Crippen LogP contribution in [0.15, 0.2) is 12.3 Å². The summed E-state index contributed by atoms with van der Waals surface area (Å²) >= 11 is 0. The minimum absolute atomic E-state index is 0.604. The summed E-state index contributed by atoms with van der Waals surface area (Å²) < 4.78 is 5.07. The summed E-state index contributed by atoms with van der Waals surface area (Å²) in [4.78, 5) is 10.8. The van der Waals surface area contributed by atoms with E-state index >= 15 is 0 Å². The van der Waals surface area contributed by atoms with Crippen LogP contribution in [0.1, 0.15) is 19.3 Å². The zero-order valence-electron chi connectivity index (χ0n) is 11.2. The van der Waals surface area contributed by atoms with Crippen LogP contribution in [0.2, 0.25) is 0 Å². The number of hydrogen-bond donors (Lipinski definition) is 1. The number of likely N-dealkylation sites (tertiary alicyclic amines) is 1. The largest absolute Gasteiger partial charge is 0.481 e. The number of ether oxygens (including phenoxy) is 1. The lowest BCUT2D eigenvalue weighted by Crippen LogP contribution is -2.30. The second-order valence-corrected chi connectivity index (χ2v) is 4.88. The minimum atomic E-state index is 0.604. The van der Waals surface area contributed by atoms with Crippen molar-refractivity contribution >= 4 is 5.95 Å². The monoisotopic (exact) mass is 250 g/mol. The van der Waals surface area contributed by atoms with E-state index in [2.05, 4.69) is 27.2 Å². The Kier molecular flexibility index (Phi) is 4.75. The highest BCUT2D eigenvalue weighted by Crippen LogP contribution is 2.19. The number of piperidine rings is 1. The maximum absolute atomic E-state index is 5.07. The Labute approximate surface area is 109 Å². The molecular formula is C13H22N4O. The number of methoxy groups -OCH3 is 1. The molecule has 1 N–H and O–H groups in total. The molecule has 0 bridgehead atoms. The highest BCUT2D eigenvalue weighted by atomic mass is 16.5. The zero-order chi connectivity index (χ0) is 12.8. The standard InChI is InChI=1S/C13H22N4O/c1-17-9-5-11(6-10-17)3-7-14-13-15-8-4-12(16-13)18-2/h4,8,11H,3,5-7,9-10H2,1-2H3,(H,14,15,16). The lowest BCUT2D eigenvalue weighted by atomic mass is 9.94. The van der Waals surface area contributed by atoms with Crippen LogP contribution in [0.4, 0.5) is 5.95 Å². The van der Waals surface area contributed by atoms with Gasteiger partial charge in [-0.25, -0.2) is 4.98 Å². The molecule has 1 fully saturated rings. The smallest absolute Gasteiger partial charge is 0.225 e. The fourth-order valence-electron chi connectivity index (χ4n) is 2.28. The fourth-order valence-corrected chi connectivity index (χ4v) is 2.28. The first kappa shape index (κ1) is 13.1. The van der Waals surface area contributed by atoms with Gasteiger partial charge in [0.05, 0.1) is 7.11 Å². The molecule has 0 radical (unpaired) electrons. The first-order valence-corrected chi connectivity index (χ1v) is 6.57. The van der Waals surface area contributed by atoms with E-state index in [0.717, 1.165) is 12.5 Å². The first-order valence-electron chi connectivity index (χ1n) is 6.57. The highest BCUT2D eigenvalue weighted by Gasteiger charge is 2.15. The fraction of sp³-hybridized carbons (Fsp3) is 0.692. The Balaban J connectivity index is 1.71. The summed E-state index contributed by atoms with van der Waals surface area (Å²) in [5.41, 5.74) is 0. The third kappa shape index (κ3) is 3.84. The lowest BCUT2D eigenvalue weighted by Gasteiger charge is -2.28. The number of rotatable bonds is 5. The van der Waals surface area contributed by atoms with Crippen molar-refractivity contribution in [3.8, 4) is 5.88 Å². The third-order valence-electron chi connectivity index (χ3n) is 3.51. The topological polar surface area (TPSA) is 50.3 Å². The van der Waals surface area contributed by atoms with Gasteiger partial charge in [0.1, 0.15) is 0 Å². The van der Waals surface area contributed by atoms with Gasteiger partial charge in [-0.1, -0.05) is 0 Å². The van der Waals surface area contributed by atoms with Crippen molar-refractivity contribution in [2.45, 2.75) is 19.3 Å². The molecule has 1 aromatic heterocycles. The summed E-state index contributed by atoms with van der Waals surface area (Å²) in [5, 5.41) is 3.26. The van der Waals surface area contributed by atoms with Crippen LogP contribution in [-0.2, 0) is 0 Å². The number of aromatic nitrogens is 2. The van der Waals surface area contributed by atoms with Crippen LogP contribution in [0, 0.1) is 5.92 Å². The first-order chi connectivity index (χ1) is 8.78. The van der Waals surface area contributed by atoms with Crippen LogP contribution < -0.4 is 10.1 Å². The molecule has 18 heavy (non-hydrogen) atoms. The van der Waals surface area contributed by atoms with Gasteiger partial charge < -0.3 is 15.0 Å². The average molecular weight is 250 g/mol. The maximum Gasteiger partial charge on any atom is 0.225 e. The molecule has 0 aromatic carbocycles. The van der Waals surface area contributed by atoms with E-state index in [9.17, 15) is 0 Å². The third-order valence-corrected chi connectivity index (χ3v) is 3.51. The molecule has 2 rings (SSSR count). The van der Waals surface area contributed by atoms with Crippen LogP contribution in [0.5, 0.6) is 5.88 Å². The van der Waals surface area contributed by atoms with Gasteiger partial charge in [0.2, 0.25) is 11.8 Å². The number of nitrogens with one attached hydrogen (secondary N) is 1. The van der Waals surface area contributed by atoms with E-state index in [-0.39, 0.29) is 0 Å². The predicted molar refractivity (Wildman–Crippen MR) is 71.9 cm³/mol. The minimum Gasteiger partial charge on any atom is -0.481 e. The molecule has 0 saturated carbocycles. The van der Waals surface area contributed by atoms with Crippen molar-refractivity contribution in [1.29, 1.82) is 0 Å². The Morgan fingerprint density at radius 3 is 2.94 bits per heavy atom. The van der Waals surface area contributed by atoms with Gasteiger partial charge in [0, 0.05) is 18.8 Å². The summed E-state index contributed by atoms with van der Waals surface area (Å²) in [5.74, 6) is 2.09. The molecule has 5 nitrogen and oxygen atoms in total. The van der Waals surface area contributed by atoms with Gasteiger partial charge >= 0.3 is 0 Å². The Hall–Kier alpha value is -1.36. The molecule has 0 atom stereocenters. The maximum atomic E-state index is 5.07. The van der Waals surface area contributed by atoms with Crippen molar-refractivity contribution in [1.82, 2.24) is 14.9 Å². The summed E-state index contributed by atoms with van der Waals surface area (Å²) in [6.07, 6.45) is 5.51. The molecular weight excluding hydrogens is 228 g/mol. The second kappa shape index (κ2) is 6.54. The SMILES string of the molecule is COc1ccnc(NCCC2CCN(C)CC2)n1. The van der Waals surface area contributed by atoms with E-state index in [0.29, 0.717) is 11.8 Å². The van der Waals surface area contributed by atoms with Crippen LogP contribution in [0.3, 0.4) is 0 Å². The molecule has 1 aliphatic heterocycles. The summed E-state index contributed by atoms with van der Waals surface area (Å²) in [7, 11) is 3.81. The second-order valence-electron chi connectivity index (χ2n) is 4.88. The zero-order valence-corrected chi connectivity index (χ0v) is 11.2. The lowest BCUT2D eigenvalue weighted by molar-refractivity contribution is 0.215. The number of anilines is 1. The Morgan fingerprint density at radius 1 is 1.44 bits per heavy atom. The molecule has 0 unspecified atom stereocenters. The van der Waals surface area contributed by atoms with Crippen molar-refractivity contribution in [2.75, 3.05) is 39.1 Å². The van der Waals surface area contributed by atoms with E-state index in [1.54, 1.807) is 19.4 Å². The quantitative estimate of drug-likeness (QED) is 0.860. The normalized spacial score (nSPS) is 17.7. The van der Waals surface area contributed by atoms with Crippen LogP contribution >= 0.6 is 0 Å². The molecule has 5 heteroatoms. The van der Waals surface area contributed by atoms with Gasteiger partial charge in [-0.3, -0.25) is 0 Å². The molecule has 0 amide bonds. The van der Waals surface area contributed by atoms with Crippen molar-refractivity contribution in [3.05, 3.63) is 12.3 Å². The number of hydrogen-bond acceptors (Lipinski definition) is 5. The average Bonchev–Trinajstić information content (AvgIpc) is 2.41. The summed E-state index contributed by atoms with van der Waals surface area (Å²) in [6.45, 7) is 3.38. The highest BCUT2D eigenvalue weighted by molar-refractivity contribution is 5.27. The summed E-state index contributed by atoms with van der Waals surface area (Å²) in [6, 6.07) is 1.75. The Morgan fingerprint density at radius 2 is 2.22 bits per heavy atom. The molecule has 1 aliphatic rings. The van der Waals surface area contributed by atoms with Gasteiger partial charge in [-0.2, -0.15) is 4.98 Å². The molecule has 1 saturated heterocycles. The van der Waals surface area contributed by atoms with Gasteiger partial charge in [-0.05, 0) is 45.3 Å². The van der Waals surface area contributed by atoms with E-state index in [1.807, 2.05) is 0 Å². The number of nitrogens with zero attached hydrogens (tertiary/aromatic N) is 3. The van der Waals surface area contributed by atoms with E-state index in [4.69, 9.17) is 4.74 Å². The van der Waals surface area contributed by atoms with Crippen molar-refractivity contribution < 1.29 is 4.74 Å². The van der Waals surface area contributed by atoms with E-state index < -0.39 is 0 Å². The molecule has 0 aliphatic carbocycles. The van der Waals surface area contributed by atoms with Gasteiger partial charge in [0.25, 0.3) is 0 Å². The molecule has 2 heterocycles. The van der Waals surface area contributed by atoms with Gasteiger partial charge in [-0.15, -0.1) is 0 Å². The van der Waals surface area contributed by atoms with Gasteiger partial charge in [0.15, 0.2) is 0 Å². The predicted octanol–water partition coefficient (Wildman–Crippen LogP) is 1.63.